The van der Waals surface area contributed by atoms with Crippen LogP contribution < -0.4 is 10.2 Å². The summed E-state index contributed by atoms with van der Waals surface area (Å²) in [5, 5.41) is 3.41. The van der Waals surface area contributed by atoms with Crippen molar-refractivity contribution < 1.29 is 14.0 Å². The number of benzene rings is 1. The average molecular weight is 355 g/mol. The maximum absolute atomic E-state index is 13.4. The standard InChI is InChI=1S/C15H16BrFN2O2/c1-8(6-18-10-2-3-10)7-19-13-11(14(20)15(19)21)4-9(17)5-12(13)16/h4-5,8,10,18H,2-3,6-7H2,1H3. The zero-order valence-electron chi connectivity index (χ0n) is 11.7. The number of fused-ring (bicyclic) bond motifs is 1. The molecule has 1 aliphatic carbocycles. The lowest BCUT2D eigenvalue weighted by Crippen LogP contribution is -2.37. The molecule has 0 radical (unpaired) electrons. The molecule has 1 heterocycles. The first kappa shape index (κ1) is 14.7. The zero-order chi connectivity index (χ0) is 15.1. The largest absolute Gasteiger partial charge is 0.314 e. The highest BCUT2D eigenvalue weighted by Gasteiger charge is 2.38. The number of rotatable bonds is 5. The van der Waals surface area contributed by atoms with Crippen LogP contribution in [0, 0.1) is 11.7 Å². The Bertz CT molecular complexity index is 616. The third kappa shape index (κ3) is 2.87. The van der Waals surface area contributed by atoms with Crippen LogP contribution in [0.5, 0.6) is 0 Å². The average Bonchev–Trinajstić information content (AvgIpc) is 3.21. The van der Waals surface area contributed by atoms with Crippen LogP contribution in [0.2, 0.25) is 0 Å². The number of hydrogen-bond acceptors (Lipinski definition) is 3. The SMILES string of the molecule is CC(CNC1CC1)CN1C(=O)C(=O)c2cc(F)cc(Br)c21. The molecule has 4 nitrogen and oxygen atoms in total. The van der Waals surface area contributed by atoms with E-state index in [1.54, 1.807) is 0 Å². The molecule has 1 saturated carbocycles. The first-order valence-corrected chi connectivity index (χ1v) is 7.85. The number of nitrogens with one attached hydrogen (secondary N) is 1. The van der Waals surface area contributed by atoms with E-state index in [9.17, 15) is 14.0 Å². The van der Waals surface area contributed by atoms with Crippen LogP contribution >= 0.6 is 15.9 Å². The van der Waals surface area contributed by atoms with Crippen molar-refractivity contribution in [2.75, 3.05) is 18.0 Å². The van der Waals surface area contributed by atoms with Crippen molar-refractivity contribution in [3.63, 3.8) is 0 Å². The number of Topliss-reactive ketones (excluding diaryl/α,β-unsaturated/α-hetero) is 1. The van der Waals surface area contributed by atoms with Crippen LogP contribution in [-0.4, -0.2) is 30.8 Å². The Morgan fingerprint density at radius 1 is 1.43 bits per heavy atom. The van der Waals surface area contributed by atoms with E-state index < -0.39 is 17.5 Å². The molecule has 112 valence electrons. The summed E-state index contributed by atoms with van der Waals surface area (Å²) >= 11 is 3.25. The summed E-state index contributed by atoms with van der Waals surface area (Å²) in [6, 6.07) is 3.02. The quantitative estimate of drug-likeness (QED) is 0.826. The molecule has 0 bridgehead atoms. The van der Waals surface area contributed by atoms with Crippen molar-refractivity contribution in [3.8, 4) is 0 Å². The Morgan fingerprint density at radius 2 is 2.14 bits per heavy atom. The van der Waals surface area contributed by atoms with Gasteiger partial charge in [-0.05, 0) is 53.4 Å². The summed E-state index contributed by atoms with van der Waals surface area (Å²) in [7, 11) is 0. The number of halogens is 2. The molecular formula is C15H16BrFN2O2. The normalized spacial score (nSPS) is 19.1. The predicted molar refractivity (Wildman–Crippen MR) is 81.0 cm³/mol. The molecule has 1 unspecified atom stereocenters. The van der Waals surface area contributed by atoms with Gasteiger partial charge in [0.25, 0.3) is 11.7 Å². The first-order chi connectivity index (χ1) is 9.97. The molecule has 1 fully saturated rings. The van der Waals surface area contributed by atoms with Gasteiger partial charge in [0.05, 0.1) is 11.3 Å². The lowest BCUT2D eigenvalue weighted by atomic mass is 10.1. The van der Waals surface area contributed by atoms with Gasteiger partial charge in [-0.25, -0.2) is 4.39 Å². The highest BCUT2D eigenvalue weighted by molar-refractivity contribution is 9.10. The van der Waals surface area contributed by atoms with E-state index >= 15 is 0 Å². The van der Waals surface area contributed by atoms with E-state index in [0.29, 0.717) is 22.7 Å². The Hall–Kier alpha value is -1.27. The van der Waals surface area contributed by atoms with E-state index in [1.165, 1.54) is 23.8 Å². The van der Waals surface area contributed by atoms with Crippen LogP contribution in [0.4, 0.5) is 10.1 Å². The number of ketones is 1. The third-order valence-electron chi connectivity index (χ3n) is 3.81. The number of anilines is 1. The molecule has 1 N–H and O–H groups in total. The van der Waals surface area contributed by atoms with Crippen LogP contribution in [0.3, 0.4) is 0 Å². The van der Waals surface area contributed by atoms with Crippen molar-refractivity contribution in [2.24, 2.45) is 5.92 Å². The van der Waals surface area contributed by atoms with Crippen molar-refractivity contribution in [1.29, 1.82) is 0 Å². The Kier molecular flexibility index (Phi) is 3.84. The number of carbonyl (C=O) groups is 2. The fourth-order valence-electron chi connectivity index (χ4n) is 2.56. The molecule has 1 aromatic rings. The molecule has 2 aliphatic rings. The summed E-state index contributed by atoms with van der Waals surface area (Å²) in [5.74, 6) is -1.51. The van der Waals surface area contributed by atoms with E-state index in [4.69, 9.17) is 0 Å². The van der Waals surface area contributed by atoms with Crippen molar-refractivity contribution in [2.45, 2.75) is 25.8 Å². The second kappa shape index (κ2) is 5.50. The highest BCUT2D eigenvalue weighted by atomic mass is 79.9. The Balaban J connectivity index is 1.79. The van der Waals surface area contributed by atoms with Crippen LogP contribution in [0.15, 0.2) is 16.6 Å². The minimum Gasteiger partial charge on any atom is -0.314 e. The predicted octanol–water partition coefficient (Wildman–Crippen LogP) is 2.51. The molecule has 6 heteroatoms. The Labute approximate surface area is 130 Å². The zero-order valence-corrected chi connectivity index (χ0v) is 13.2. The second-order valence-corrected chi connectivity index (χ2v) is 6.67. The molecule has 1 atom stereocenters. The molecule has 0 saturated heterocycles. The number of carbonyl (C=O) groups excluding carboxylic acids is 2. The van der Waals surface area contributed by atoms with E-state index in [0.717, 1.165) is 12.6 Å². The van der Waals surface area contributed by atoms with Gasteiger partial charge >= 0.3 is 0 Å². The number of amides is 1. The molecule has 1 aliphatic heterocycles. The van der Waals surface area contributed by atoms with Gasteiger partial charge in [0.1, 0.15) is 5.82 Å². The van der Waals surface area contributed by atoms with E-state index in [2.05, 4.69) is 21.2 Å². The topological polar surface area (TPSA) is 49.4 Å². The fraction of sp³-hybridized carbons (Fsp3) is 0.467. The van der Waals surface area contributed by atoms with Gasteiger partial charge in [-0.2, -0.15) is 0 Å². The Morgan fingerprint density at radius 3 is 2.81 bits per heavy atom. The molecule has 3 rings (SSSR count). The lowest BCUT2D eigenvalue weighted by Gasteiger charge is -2.22. The molecular weight excluding hydrogens is 339 g/mol. The van der Waals surface area contributed by atoms with Gasteiger partial charge in [0, 0.05) is 17.1 Å². The first-order valence-electron chi connectivity index (χ1n) is 7.06. The fourth-order valence-corrected chi connectivity index (χ4v) is 3.20. The van der Waals surface area contributed by atoms with E-state index in [-0.39, 0.29) is 11.5 Å². The summed E-state index contributed by atoms with van der Waals surface area (Å²) in [5.41, 5.74) is 0.638. The maximum atomic E-state index is 13.4. The highest BCUT2D eigenvalue weighted by Crippen LogP contribution is 2.37. The van der Waals surface area contributed by atoms with Crippen LogP contribution in [-0.2, 0) is 4.79 Å². The summed E-state index contributed by atoms with van der Waals surface area (Å²) in [4.78, 5) is 25.6. The van der Waals surface area contributed by atoms with Gasteiger partial charge in [0.2, 0.25) is 0 Å². The molecule has 0 aromatic heterocycles. The van der Waals surface area contributed by atoms with Gasteiger partial charge < -0.3 is 10.2 Å². The van der Waals surface area contributed by atoms with Crippen molar-refractivity contribution in [3.05, 3.63) is 28.0 Å². The summed E-state index contributed by atoms with van der Waals surface area (Å²) < 4.78 is 13.9. The number of nitrogens with zero attached hydrogens (tertiary/aromatic N) is 1. The third-order valence-corrected chi connectivity index (χ3v) is 4.41. The van der Waals surface area contributed by atoms with Crippen molar-refractivity contribution in [1.82, 2.24) is 5.32 Å². The summed E-state index contributed by atoms with van der Waals surface area (Å²) in [6.45, 7) is 3.28. The van der Waals surface area contributed by atoms with Gasteiger partial charge in [-0.15, -0.1) is 0 Å². The molecule has 1 aromatic carbocycles. The lowest BCUT2D eigenvalue weighted by molar-refractivity contribution is -0.114. The minimum absolute atomic E-state index is 0.147. The second-order valence-electron chi connectivity index (χ2n) is 5.82. The maximum Gasteiger partial charge on any atom is 0.299 e. The van der Waals surface area contributed by atoms with E-state index in [1.807, 2.05) is 6.92 Å². The van der Waals surface area contributed by atoms with Gasteiger partial charge in [-0.3, -0.25) is 9.59 Å². The minimum atomic E-state index is -0.632. The van der Waals surface area contributed by atoms with Gasteiger partial charge in [0.15, 0.2) is 0 Å². The number of hydrogen-bond donors (Lipinski definition) is 1. The molecule has 21 heavy (non-hydrogen) atoms. The molecule has 0 spiro atoms. The molecule has 1 amide bonds. The monoisotopic (exact) mass is 354 g/mol. The van der Waals surface area contributed by atoms with Crippen LogP contribution in [0.25, 0.3) is 0 Å². The van der Waals surface area contributed by atoms with Gasteiger partial charge in [-0.1, -0.05) is 6.92 Å². The summed E-state index contributed by atoms with van der Waals surface area (Å²) in [6.07, 6.45) is 2.42. The van der Waals surface area contributed by atoms with Crippen LogP contribution in [0.1, 0.15) is 30.1 Å². The smallest absolute Gasteiger partial charge is 0.299 e. The van der Waals surface area contributed by atoms with Crippen molar-refractivity contribution >= 4 is 33.3 Å².